The van der Waals surface area contributed by atoms with Gasteiger partial charge in [0.05, 0.1) is 12.1 Å². The van der Waals surface area contributed by atoms with E-state index in [1.807, 2.05) is 26.8 Å². The molecule has 0 bridgehead atoms. The van der Waals surface area contributed by atoms with Crippen LogP contribution >= 0.6 is 0 Å². The SMILES string of the molecule is Cc1cccc2c1CC(CO)(NC(=O)OC(C)(C)C)C2. The number of carbonyl (C=O) groups excluding carboxylic acids is 1. The van der Waals surface area contributed by atoms with Crippen LogP contribution in [0.25, 0.3) is 0 Å². The van der Waals surface area contributed by atoms with E-state index < -0.39 is 17.2 Å². The van der Waals surface area contributed by atoms with E-state index >= 15 is 0 Å². The molecule has 110 valence electrons. The predicted octanol–water partition coefficient (Wildman–Crippen LogP) is 2.35. The van der Waals surface area contributed by atoms with Crippen LogP contribution in [-0.4, -0.2) is 28.9 Å². The van der Waals surface area contributed by atoms with Crippen molar-refractivity contribution in [2.75, 3.05) is 6.61 Å². The number of alkyl carbamates (subject to hydrolysis) is 1. The van der Waals surface area contributed by atoms with E-state index in [4.69, 9.17) is 4.74 Å². The van der Waals surface area contributed by atoms with Crippen LogP contribution in [0.2, 0.25) is 0 Å². The second-order valence-corrected chi connectivity index (χ2v) is 6.63. The Hall–Kier alpha value is -1.55. The summed E-state index contributed by atoms with van der Waals surface area (Å²) >= 11 is 0. The third kappa shape index (κ3) is 3.12. The van der Waals surface area contributed by atoms with Gasteiger partial charge in [0, 0.05) is 0 Å². The molecule has 4 nitrogen and oxygen atoms in total. The van der Waals surface area contributed by atoms with E-state index in [2.05, 4.69) is 24.4 Å². The van der Waals surface area contributed by atoms with Crippen LogP contribution in [0.5, 0.6) is 0 Å². The molecule has 1 aliphatic carbocycles. The maximum atomic E-state index is 12.0. The molecule has 1 atom stereocenters. The number of aliphatic hydroxyl groups excluding tert-OH is 1. The van der Waals surface area contributed by atoms with Crippen LogP contribution in [0, 0.1) is 6.92 Å². The highest BCUT2D eigenvalue weighted by atomic mass is 16.6. The summed E-state index contributed by atoms with van der Waals surface area (Å²) in [5, 5.41) is 12.6. The predicted molar refractivity (Wildman–Crippen MR) is 77.8 cm³/mol. The van der Waals surface area contributed by atoms with Gasteiger partial charge >= 0.3 is 6.09 Å². The van der Waals surface area contributed by atoms with Gasteiger partial charge in [-0.15, -0.1) is 0 Å². The van der Waals surface area contributed by atoms with Gasteiger partial charge in [0.2, 0.25) is 0 Å². The van der Waals surface area contributed by atoms with Gasteiger partial charge in [-0.2, -0.15) is 0 Å². The van der Waals surface area contributed by atoms with Gasteiger partial charge in [0.1, 0.15) is 5.60 Å². The van der Waals surface area contributed by atoms with Crippen molar-refractivity contribution >= 4 is 6.09 Å². The number of aryl methyl sites for hydroxylation is 1. The van der Waals surface area contributed by atoms with Gasteiger partial charge in [0.15, 0.2) is 0 Å². The highest BCUT2D eigenvalue weighted by Crippen LogP contribution is 2.32. The lowest BCUT2D eigenvalue weighted by Crippen LogP contribution is -2.53. The number of carbonyl (C=O) groups is 1. The number of hydrogen-bond donors (Lipinski definition) is 2. The molecule has 0 spiro atoms. The monoisotopic (exact) mass is 277 g/mol. The number of hydrogen-bond acceptors (Lipinski definition) is 3. The first-order chi connectivity index (χ1) is 9.25. The molecule has 1 aromatic rings. The number of fused-ring (bicyclic) bond motifs is 1. The summed E-state index contributed by atoms with van der Waals surface area (Å²) in [5.41, 5.74) is 2.43. The van der Waals surface area contributed by atoms with Crippen LogP contribution in [0.4, 0.5) is 4.79 Å². The molecule has 0 saturated heterocycles. The summed E-state index contributed by atoms with van der Waals surface area (Å²) in [6, 6.07) is 6.12. The van der Waals surface area contributed by atoms with Crippen LogP contribution in [0.1, 0.15) is 37.5 Å². The summed E-state index contributed by atoms with van der Waals surface area (Å²) in [6.45, 7) is 7.43. The smallest absolute Gasteiger partial charge is 0.408 e. The first-order valence-corrected chi connectivity index (χ1v) is 6.94. The molecule has 0 saturated carbocycles. The van der Waals surface area contributed by atoms with Gasteiger partial charge < -0.3 is 15.2 Å². The van der Waals surface area contributed by atoms with Crippen molar-refractivity contribution in [3.8, 4) is 0 Å². The molecule has 0 aromatic heterocycles. The van der Waals surface area contributed by atoms with Gasteiger partial charge in [0.25, 0.3) is 0 Å². The highest BCUT2D eigenvalue weighted by Gasteiger charge is 2.39. The quantitative estimate of drug-likeness (QED) is 0.872. The molecular weight excluding hydrogens is 254 g/mol. The lowest BCUT2D eigenvalue weighted by atomic mass is 9.96. The minimum Gasteiger partial charge on any atom is -0.444 e. The topological polar surface area (TPSA) is 58.6 Å². The van der Waals surface area contributed by atoms with E-state index in [-0.39, 0.29) is 6.61 Å². The maximum Gasteiger partial charge on any atom is 0.408 e. The second-order valence-electron chi connectivity index (χ2n) is 6.63. The maximum absolute atomic E-state index is 12.0. The fourth-order valence-electron chi connectivity index (χ4n) is 2.71. The molecule has 0 radical (unpaired) electrons. The zero-order valence-electron chi connectivity index (χ0n) is 12.6. The summed E-state index contributed by atoms with van der Waals surface area (Å²) in [6.07, 6.45) is 0.807. The van der Waals surface area contributed by atoms with E-state index in [1.54, 1.807) is 0 Å². The Morgan fingerprint density at radius 2 is 2.10 bits per heavy atom. The number of rotatable bonds is 2. The van der Waals surface area contributed by atoms with E-state index in [9.17, 15) is 9.90 Å². The molecule has 1 aliphatic rings. The van der Waals surface area contributed by atoms with Crippen molar-refractivity contribution < 1.29 is 14.6 Å². The Bertz CT molecular complexity index is 519. The van der Waals surface area contributed by atoms with Crippen molar-refractivity contribution in [2.45, 2.75) is 51.7 Å². The van der Waals surface area contributed by atoms with Crippen molar-refractivity contribution in [2.24, 2.45) is 0 Å². The highest BCUT2D eigenvalue weighted by molar-refractivity contribution is 5.69. The van der Waals surface area contributed by atoms with Gasteiger partial charge in [-0.05, 0) is 57.2 Å². The zero-order chi connectivity index (χ0) is 15.0. The van der Waals surface area contributed by atoms with E-state index in [0.717, 1.165) is 0 Å². The van der Waals surface area contributed by atoms with Crippen LogP contribution in [-0.2, 0) is 17.6 Å². The molecule has 4 heteroatoms. The lowest BCUT2D eigenvalue weighted by molar-refractivity contribution is 0.0407. The number of benzene rings is 1. The normalized spacial score (nSPS) is 21.4. The molecule has 1 unspecified atom stereocenters. The summed E-state index contributed by atoms with van der Waals surface area (Å²) in [4.78, 5) is 12.0. The van der Waals surface area contributed by atoms with E-state index in [0.29, 0.717) is 12.8 Å². The van der Waals surface area contributed by atoms with Crippen LogP contribution in [0.3, 0.4) is 0 Å². The molecule has 0 fully saturated rings. The van der Waals surface area contributed by atoms with Crippen molar-refractivity contribution in [1.29, 1.82) is 0 Å². The summed E-state index contributed by atoms with van der Waals surface area (Å²) < 4.78 is 5.29. The molecular formula is C16H23NO3. The number of amides is 1. The van der Waals surface area contributed by atoms with Crippen molar-refractivity contribution in [3.63, 3.8) is 0 Å². The summed E-state index contributed by atoms with van der Waals surface area (Å²) in [7, 11) is 0. The standard InChI is InChI=1S/C16H23NO3/c1-11-6-5-7-12-8-16(10-18,9-13(11)12)17-14(19)20-15(2,3)4/h5-7,18H,8-10H2,1-4H3,(H,17,19). The van der Waals surface area contributed by atoms with Gasteiger partial charge in [-0.3, -0.25) is 0 Å². The Morgan fingerprint density at radius 1 is 1.40 bits per heavy atom. The Morgan fingerprint density at radius 3 is 2.65 bits per heavy atom. The Balaban J connectivity index is 2.14. The largest absolute Gasteiger partial charge is 0.444 e. The number of ether oxygens (including phenoxy) is 1. The molecule has 1 amide bonds. The third-order valence-corrected chi connectivity index (χ3v) is 3.62. The van der Waals surface area contributed by atoms with E-state index in [1.165, 1.54) is 16.7 Å². The lowest BCUT2D eigenvalue weighted by Gasteiger charge is -2.30. The Kier molecular flexibility index (Phi) is 3.78. The Labute approximate surface area is 120 Å². The van der Waals surface area contributed by atoms with Crippen LogP contribution in [0.15, 0.2) is 18.2 Å². The second kappa shape index (κ2) is 5.09. The minimum atomic E-state index is -0.642. The van der Waals surface area contributed by atoms with Crippen molar-refractivity contribution in [3.05, 3.63) is 34.9 Å². The van der Waals surface area contributed by atoms with Crippen molar-refractivity contribution in [1.82, 2.24) is 5.32 Å². The third-order valence-electron chi connectivity index (χ3n) is 3.62. The first-order valence-electron chi connectivity index (χ1n) is 6.94. The number of aliphatic hydroxyl groups is 1. The number of nitrogens with one attached hydrogen (secondary N) is 1. The summed E-state index contributed by atoms with van der Waals surface area (Å²) in [5.74, 6) is 0. The average molecular weight is 277 g/mol. The minimum absolute atomic E-state index is 0.0969. The molecule has 0 heterocycles. The van der Waals surface area contributed by atoms with Crippen LogP contribution < -0.4 is 5.32 Å². The van der Waals surface area contributed by atoms with Gasteiger partial charge in [-0.25, -0.2) is 4.79 Å². The zero-order valence-corrected chi connectivity index (χ0v) is 12.6. The molecule has 1 aromatic carbocycles. The fraction of sp³-hybridized carbons (Fsp3) is 0.562. The molecule has 2 N–H and O–H groups in total. The molecule has 20 heavy (non-hydrogen) atoms. The molecule has 0 aliphatic heterocycles. The first kappa shape index (κ1) is 14.9. The van der Waals surface area contributed by atoms with Gasteiger partial charge in [-0.1, -0.05) is 18.2 Å². The average Bonchev–Trinajstić information content (AvgIpc) is 2.67. The molecule has 2 rings (SSSR count). The fourth-order valence-corrected chi connectivity index (χ4v) is 2.71.